The van der Waals surface area contributed by atoms with Gasteiger partial charge in [-0.25, -0.2) is 13.8 Å². The van der Waals surface area contributed by atoms with Gasteiger partial charge in [0.05, 0.1) is 11.5 Å². The second kappa shape index (κ2) is 4.22. The van der Waals surface area contributed by atoms with Crippen LogP contribution >= 0.6 is 0 Å². The molecule has 0 amide bonds. The van der Waals surface area contributed by atoms with E-state index in [1.165, 1.54) is 0 Å². The maximum atomic E-state index is 13.1. The lowest BCUT2D eigenvalue weighted by Crippen LogP contribution is -2.04. The van der Waals surface area contributed by atoms with E-state index in [9.17, 15) is 23.3 Å². The Balaban J connectivity index is 3.38. The summed E-state index contributed by atoms with van der Waals surface area (Å²) in [5.74, 6) is -1.40. The summed E-state index contributed by atoms with van der Waals surface area (Å²) in [6.07, 6.45) is -3.06. The Morgan fingerprint density at radius 1 is 1.60 bits per heavy atom. The highest BCUT2D eigenvalue weighted by Crippen LogP contribution is 2.25. The number of aliphatic hydroxyl groups is 1. The normalized spacial score (nSPS) is 10.7. The van der Waals surface area contributed by atoms with Crippen molar-refractivity contribution < 1.29 is 23.2 Å². The smallest absolute Gasteiger partial charge is 0.308 e. The zero-order chi connectivity index (χ0) is 11.6. The number of aromatic nitrogens is 1. The zero-order valence-electron chi connectivity index (χ0n) is 7.15. The lowest BCUT2D eigenvalue weighted by Gasteiger charge is -2.03. The monoisotopic (exact) mass is 222 g/mol. The molecule has 1 aromatic rings. The second-order valence-electron chi connectivity index (χ2n) is 2.54. The SMILES string of the molecule is O=[N+]([O-])c1cc(C(F)F)nc(CO)c1F. The molecule has 0 saturated heterocycles. The summed E-state index contributed by atoms with van der Waals surface area (Å²) in [6.45, 7) is -0.979. The fraction of sp³-hybridized carbons (Fsp3) is 0.286. The van der Waals surface area contributed by atoms with E-state index in [1.807, 2.05) is 0 Å². The highest BCUT2D eigenvalue weighted by Gasteiger charge is 2.23. The number of rotatable bonds is 3. The number of pyridine rings is 1. The van der Waals surface area contributed by atoms with Gasteiger partial charge in [0.1, 0.15) is 11.4 Å². The first-order valence-corrected chi connectivity index (χ1v) is 3.70. The van der Waals surface area contributed by atoms with Crippen LogP contribution in [0.1, 0.15) is 17.8 Å². The van der Waals surface area contributed by atoms with E-state index in [0.29, 0.717) is 6.07 Å². The molecule has 0 aliphatic heterocycles. The molecule has 1 heterocycles. The first-order chi connectivity index (χ1) is 6.97. The molecular weight excluding hydrogens is 217 g/mol. The molecule has 0 aliphatic carbocycles. The van der Waals surface area contributed by atoms with Gasteiger partial charge in [-0.1, -0.05) is 0 Å². The van der Waals surface area contributed by atoms with Crippen molar-refractivity contribution in [2.75, 3.05) is 0 Å². The van der Waals surface area contributed by atoms with Crippen LogP contribution in [-0.2, 0) is 6.61 Å². The van der Waals surface area contributed by atoms with Gasteiger partial charge in [0.2, 0.25) is 5.82 Å². The van der Waals surface area contributed by atoms with Crippen LogP contribution < -0.4 is 0 Å². The molecule has 1 aromatic heterocycles. The predicted octanol–water partition coefficient (Wildman–Crippen LogP) is 1.56. The largest absolute Gasteiger partial charge is 0.390 e. The maximum absolute atomic E-state index is 13.1. The number of aliphatic hydroxyl groups excluding tert-OH is 1. The minimum Gasteiger partial charge on any atom is -0.390 e. The Hall–Kier alpha value is -1.70. The van der Waals surface area contributed by atoms with Gasteiger partial charge in [0.15, 0.2) is 0 Å². The molecule has 8 heteroatoms. The van der Waals surface area contributed by atoms with Gasteiger partial charge in [-0.15, -0.1) is 0 Å². The van der Waals surface area contributed by atoms with E-state index in [1.54, 1.807) is 0 Å². The van der Waals surface area contributed by atoms with Crippen LogP contribution in [0.15, 0.2) is 6.07 Å². The summed E-state index contributed by atoms with van der Waals surface area (Å²) >= 11 is 0. The summed E-state index contributed by atoms with van der Waals surface area (Å²) < 4.78 is 37.4. The minimum absolute atomic E-state index is 0.346. The number of alkyl halides is 2. The molecule has 0 fully saturated rings. The summed E-state index contributed by atoms with van der Waals surface area (Å²) in [5, 5.41) is 18.8. The van der Waals surface area contributed by atoms with Crippen molar-refractivity contribution in [1.29, 1.82) is 0 Å². The Bertz CT molecular complexity index is 397. The third-order valence-corrected chi connectivity index (χ3v) is 1.60. The van der Waals surface area contributed by atoms with Gasteiger partial charge < -0.3 is 5.11 Å². The van der Waals surface area contributed by atoms with Gasteiger partial charge >= 0.3 is 5.69 Å². The van der Waals surface area contributed by atoms with Crippen molar-refractivity contribution in [2.45, 2.75) is 13.0 Å². The number of hydrogen-bond donors (Lipinski definition) is 1. The lowest BCUT2D eigenvalue weighted by atomic mass is 10.2. The first-order valence-electron chi connectivity index (χ1n) is 3.70. The molecule has 0 aromatic carbocycles. The molecule has 0 atom stereocenters. The number of nitro groups is 1. The molecule has 0 saturated carbocycles. The highest BCUT2D eigenvalue weighted by molar-refractivity contribution is 5.36. The van der Waals surface area contributed by atoms with Crippen LogP contribution in [0.3, 0.4) is 0 Å². The Morgan fingerprint density at radius 2 is 2.20 bits per heavy atom. The van der Waals surface area contributed by atoms with Gasteiger partial charge in [-0.3, -0.25) is 10.1 Å². The molecule has 0 unspecified atom stereocenters. The van der Waals surface area contributed by atoms with Gasteiger partial charge in [-0.05, 0) is 0 Å². The molecule has 5 nitrogen and oxygen atoms in total. The zero-order valence-corrected chi connectivity index (χ0v) is 7.15. The number of hydrogen-bond acceptors (Lipinski definition) is 4. The molecule has 0 bridgehead atoms. The third-order valence-electron chi connectivity index (χ3n) is 1.60. The van der Waals surface area contributed by atoms with Gasteiger partial charge in [0, 0.05) is 6.07 Å². The van der Waals surface area contributed by atoms with E-state index in [-0.39, 0.29) is 0 Å². The van der Waals surface area contributed by atoms with Crippen molar-refractivity contribution in [3.05, 3.63) is 33.4 Å². The van der Waals surface area contributed by atoms with Crippen LogP contribution in [0, 0.1) is 15.9 Å². The van der Waals surface area contributed by atoms with Gasteiger partial charge in [-0.2, -0.15) is 4.39 Å². The molecule has 0 radical (unpaired) electrons. The average molecular weight is 222 g/mol. The standard InChI is InChI=1S/C7H5F3N2O3/c8-6-4(2-13)11-3(7(9)10)1-5(6)12(14)15/h1,7,13H,2H2. The molecule has 1 N–H and O–H groups in total. The fourth-order valence-corrected chi connectivity index (χ4v) is 0.938. The summed E-state index contributed by atoms with van der Waals surface area (Å²) in [4.78, 5) is 12.2. The Morgan fingerprint density at radius 3 is 2.60 bits per heavy atom. The van der Waals surface area contributed by atoms with Crippen LogP contribution in [0.4, 0.5) is 18.9 Å². The van der Waals surface area contributed by atoms with Crippen LogP contribution in [0.25, 0.3) is 0 Å². The Labute approximate surface area is 81.3 Å². The first kappa shape index (κ1) is 11.4. The van der Waals surface area contributed by atoms with Crippen molar-refractivity contribution >= 4 is 5.69 Å². The summed E-state index contributed by atoms with van der Waals surface area (Å²) in [6, 6.07) is 0.346. The highest BCUT2D eigenvalue weighted by atomic mass is 19.3. The van der Waals surface area contributed by atoms with Crippen molar-refractivity contribution in [2.24, 2.45) is 0 Å². The Kier molecular flexibility index (Phi) is 3.20. The lowest BCUT2D eigenvalue weighted by molar-refractivity contribution is -0.387. The quantitative estimate of drug-likeness (QED) is 0.621. The van der Waals surface area contributed by atoms with Crippen LogP contribution in [-0.4, -0.2) is 15.0 Å². The third kappa shape index (κ3) is 2.21. The van der Waals surface area contributed by atoms with E-state index < -0.39 is 40.8 Å². The molecule has 1 rings (SSSR count). The fourth-order valence-electron chi connectivity index (χ4n) is 0.938. The molecule has 82 valence electrons. The van der Waals surface area contributed by atoms with E-state index in [2.05, 4.69) is 4.98 Å². The van der Waals surface area contributed by atoms with Crippen LogP contribution in [0.2, 0.25) is 0 Å². The minimum atomic E-state index is -3.06. The summed E-state index contributed by atoms with van der Waals surface area (Å²) in [7, 11) is 0. The molecular formula is C7H5F3N2O3. The molecule has 15 heavy (non-hydrogen) atoms. The average Bonchev–Trinajstić information content (AvgIpc) is 2.17. The molecule has 0 spiro atoms. The predicted molar refractivity (Wildman–Crippen MR) is 41.7 cm³/mol. The number of nitrogens with zero attached hydrogens (tertiary/aromatic N) is 2. The van der Waals surface area contributed by atoms with Crippen LogP contribution in [0.5, 0.6) is 0 Å². The van der Waals surface area contributed by atoms with E-state index in [4.69, 9.17) is 5.11 Å². The van der Waals surface area contributed by atoms with E-state index in [0.717, 1.165) is 0 Å². The maximum Gasteiger partial charge on any atom is 0.308 e. The topological polar surface area (TPSA) is 76.3 Å². The van der Waals surface area contributed by atoms with Crippen molar-refractivity contribution in [3.63, 3.8) is 0 Å². The summed E-state index contributed by atoms with van der Waals surface area (Å²) in [5.41, 5.74) is -2.82. The second-order valence-corrected chi connectivity index (χ2v) is 2.54. The van der Waals surface area contributed by atoms with Crippen molar-refractivity contribution in [1.82, 2.24) is 4.98 Å². The van der Waals surface area contributed by atoms with E-state index >= 15 is 0 Å². The van der Waals surface area contributed by atoms with Crippen molar-refractivity contribution in [3.8, 4) is 0 Å². The number of halogens is 3. The molecule has 0 aliphatic rings. The van der Waals surface area contributed by atoms with Gasteiger partial charge in [0.25, 0.3) is 6.43 Å².